The highest BCUT2D eigenvalue weighted by Crippen LogP contribution is 2.22. The van der Waals surface area contributed by atoms with Gasteiger partial charge in [0.25, 0.3) is 0 Å². The second kappa shape index (κ2) is 2.76. The summed E-state index contributed by atoms with van der Waals surface area (Å²) in [5, 5.41) is 0. The molecule has 0 aliphatic carbocycles. The molecule has 0 amide bonds. The average molecular weight is 155 g/mol. The van der Waals surface area contributed by atoms with Crippen molar-refractivity contribution in [2.75, 3.05) is 6.54 Å². The normalized spacial score (nSPS) is 18.2. The molecule has 0 aromatic carbocycles. The number of hydrogen-bond donors (Lipinski definition) is 0. The fourth-order valence-corrected chi connectivity index (χ4v) is 1.33. The molecule has 0 fully saturated rings. The highest BCUT2D eigenvalue weighted by atomic mass is 19.1. The van der Waals surface area contributed by atoms with E-state index >= 15 is 0 Å². The third kappa shape index (κ3) is 1.67. The molecule has 0 saturated carbocycles. The Hall–Kier alpha value is -0.660. The Labute approximate surface area is 67.0 Å². The van der Waals surface area contributed by atoms with E-state index in [4.69, 9.17) is 0 Å². The van der Waals surface area contributed by atoms with Crippen molar-refractivity contribution in [2.45, 2.75) is 32.9 Å². The quantitative estimate of drug-likeness (QED) is 0.581. The topological polar surface area (TPSA) is 12.4 Å². The van der Waals surface area contributed by atoms with E-state index in [1.165, 1.54) is 0 Å². The van der Waals surface area contributed by atoms with Gasteiger partial charge >= 0.3 is 0 Å². The maximum Gasteiger partial charge on any atom is 0.147 e. The molecule has 0 radical (unpaired) electrons. The van der Waals surface area contributed by atoms with Crippen molar-refractivity contribution in [3.8, 4) is 0 Å². The Morgan fingerprint density at radius 2 is 2.27 bits per heavy atom. The van der Waals surface area contributed by atoms with Crippen LogP contribution >= 0.6 is 0 Å². The van der Waals surface area contributed by atoms with Crippen LogP contribution in [-0.2, 0) is 0 Å². The van der Waals surface area contributed by atoms with Crippen LogP contribution in [0.4, 0.5) is 4.39 Å². The van der Waals surface area contributed by atoms with Crippen LogP contribution in [0.5, 0.6) is 0 Å². The summed E-state index contributed by atoms with van der Waals surface area (Å²) in [7, 11) is 0. The third-order valence-corrected chi connectivity index (χ3v) is 1.84. The number of halogens is 1. The van der Waals surface area contributed by atoms with Gasteiger partial charge in [0.15, 0.2) is 0 Å². The number of hydrogen-bond acceptors (Lipinski definition) is 1. The SMILES string of the molecule is CCC1=CCN=C1C(C)(C)F. The van der Waals surface area contributed by atoms with E-state index in [0.717, 1.165) is 12.0 Å². The largest absolute Gasteiger partial charge is 0.282 e. The lowest BCUT2D eigenvalue weighted by Crippen LogP contribution is -2.26. The van der Waals surface area contributed by atoms with Crippen molar-refractivity contribution < 1.29 is 4.39 Å². The lowest BCUT2D eigenvalue weighted by Gasteiger charge is -2.16. The summed E-state index contributed by atoms with van der Waals surface area (Å²) in [4.78, 5) is 4.11. The van der Waals surface area contributed by atoms with Crippen LogP contribution in [-0.4, -0.2) is 17.9 Å². The van der Waals surface area contributed by atoms with Crippen molar-refractivity contribution in [2.24, 2.45) is 4.99 Å². The summed E-state index contributed by atoms with van der Waals surface area (Å²) < 4.78 is 13.4. The first kappa shape index (κ1) is 8.44. The molecule has 0 N–H and O–H groups in total. The fourth-order valence-electron chi connectivity index (χ4n) is 1.33. The molecular formula is C9H14FN. The van der Waals surface area contributed by atoms with Gasteiger partial charge < -0.3 is 0 Å². The highest BCUT2D eigenvalue weighted by molar-refractivity contribution is 6.07. The van der Waals surface area contributed by atoms with E-state index in [1.54, 1.807) is 13.8 Å². The van der Waals surface area contributed by atoms with Crippen LogP contribution in [0.15, 0.2) is 16.6 Å². The summed E-state index contributed by atoms with van der Waals surface area (Å²) in [5.41, 5.74) is 0.440. The van der Waals surface area contributed by atoms with Gasteiger partial charge in [0, 0.05) is 0 Å². The molecule has 62 valence electrons. The van der Waals surface area contributed by atoms with E-state index in [9.17, 15) is 4.39 Å². The number of allylic oxidation sites excluding steroid dienone is 1. The van der Waals surface area contributed by atoms with E-state index in [0.29, 0.717) is 12.3 Å². The fraction of sp³-hybridized carbons (Fsp3) is 0.667. The Balaban J connectivity index is 2.83. The first-order valence-electron chi connectivity index (χ1n) is 3.99. The van der Waals surface area contributed by atoms with E-state index in [-0.39, 0.29) is 0 Å². The van der Waals surface area contributed by atoms with Crippen molar-refractivity contribution in [1.29, 1.82) is 0 Å². The molecule has 0 spiro atoms. The predicted octanol–water partition coefficient (Wildman–Crippen LogP) is 2.53. The van der Waals surface area contributed by atoms with Crippen LogP contribution in [0.3, 0.4) is 0 Å². The molecule has 0 unspecified atom stereocenters. The number of rotatable bonds is 2. The molecule has 0 atom stereocenters. The van der Waals surface area contributed by atoms with Crippen molar-refractivity contribution >= 4 is 5.71 Å². The van der Waals surface area contributed by atoms with Crippen molar-refractivity contribution in [3.05, 3.63) is 11.6 Å². The summed E-state index contributed by atoms with van der Waals surface area (Å²) in [5.74, 6) is 0. The average Bonchev–Trinajstić information content (AvgIpc) is 2.31. The molecule has 1 rings (SSSR count). The lowest BCUT2D eigenvalue weighted by molar-refractivity contribution is 0.313. The molecular weight excluding hydrogens is 141 g/mol. The van der Waals surface area contributed by atoms with Crippen LogP contribution in [0.1, 0.15) is 27.2 Å². The summed E-state index contributed by atoms with van der Waals surface area (Å²) >= 11 is 0. The van der Waals surface area contributed by atoms with E-state index in [2.05, 4.69) is 4.99 Å². The van der Waals surface area contributed by atoms with Crippen molar-refractivity contribution in [3.63, 3.8) is 0 Å². The van der Waals surface area contributed by atoms with Gasteiger partial charge in [-0.2, -0.15) is 0 Å². The molecule has 11 heavy (non-hydrogen) atoms. The molecule has 0 aromatic rings. The molecule has 0 saturated heterocycles. The molecule has 1 nitrogen and oxygen atoms in total. The third-order valence-electron chi connectivity index (χ3n) is 1.84. The first-order valence-corrected chi connectivity index (χ1v) is 3.99. The van der Waals surface area contributed by atoms with E-state index in [1.807, 2.05) is 13.0 Å². The van der Waals surface area contributed by atoms with Crippen LogP contribution in [0.2, 0.25) is 0 Å². The molecule has 2 heteroatoms. The maximum absolute atomic E-state index is 13.4. The van der Waals surface area contributed by atoms with Gasteiger partial charge in [-0.15, -0.1) is 0 Å². The second-order valence-corrected chi connectivity index (χ2v) is 3.24. The standard InChI is InChI=1S/C9H14FN/c1-4-7-5-6-11-8(7)9(2,3)10/h5H,4,6H2,1-3H3. The molecule has 0 aromatic heterocycles. The summed E-state index contributed by atoms with van der Waals surface area (Å²) in [6, 6.07) is 0. The van der Waals surface area contributed by atoms with Gasteiger partial charge in [-0.05, 0) is 25.8 Å². The number of alkyl halides is 1. The zero-order valence-corrected chi connectivity index (χ0v) is 7.32. The van der Waals surface area contributed by atoms with Gasteiger partial charge in [-0.3, -0.25) is 4.99 Å². The maximum atomic E-state index is 13.4. The van der Waals surface area contributed by atoms with E-state index < -0.39 is 5.67 Å². The van der Waals surface area contributed by atoms with Crippen LogP contribution < -0.4 is 0 Å². The van der Waals surface area contributed by atoms with Crippen molar-refractivity contribution in [1.82, 2.24) is 0 Å². The molecule has 1 heterocycles. The zero-order valence-electron chi connectivity index (χ0n) is 7.32. The Bertz CT molecular complexity index is 208. The monoisotopic (exact) mass is 155 g/mol. The minimum atomic E-state index is -1.27. The summed E-state index contributed by atoms with van der Waals surface area (Å²) in [6.45, 7) is 5.80. The van der Waals surface area contributed by atoms with Gasteiger partial charge in [-0.25, -0.2) is 4.39 Å². The number of aliphatic imine (C=N–C) groups is 1. The van der Waals surface area contributed by atoms with Gasteiger partial charge in [0.2, 0.25) is 0 Å². The Morgan fingerprint density at radius 3 is 2.64 bits per heavy atom. The second-order valence-electron chi connectivity index (χ2n) is 3.24. The van der Waals surface area contributed by atoms with Crippen LogP contribution in [0.25, 0.3) is 0 Å². The van der Waals surface area contributed by atoms with Gasteiger partial charge in [0.05, 0.1) is 12.3 Å². The minimum absolute atomic E-state index is 0.639. The lowest BCUT2D eigenvalue weighted by atomic mass is 9.97. The Morgan fingerprint density at radius 1 is 1.64 bits per heavy atom. The predicted molar refractivity (Wildman–Crippen MR) is 45.9 cm³/mol. The molecule has 0 bridgehead atoms. The Kier molecular flexibility index (Phi) is 2.12. The molecule has 1 aliphatic heterocycles. The minimum Gasteiger partial charge on any atom is -0.282 e. The first-order chi connectivity index (χ1) is 5.05. The smallest absolute Gasteiger partial charge is 0.147 e. The van der Waals surface area contributed by atoms with Gasteiger partial charge in [-0.1, -0.05) is 13.0 Å². The van der Waals surface area contributed by atoms with Gasteiger partial charge in [0.1, 0.15) is 5.67 Å². The number of nitrogens with zero attached hydrogens (tertiary/aromatic N) is 1. The van der Waals surface area contributed by atoms with Crippen LogP contribution in [0, 0.1) is 0 Å². The highest BCUT2D eigenvalue weighted by Gasteiger charge is 2.27. The zero-order chi connectivity index (χ0) is 8.48. The summed E-state index contributed by atoms with van der Waals surface area (Å²) in [6.07, 6.45) is 2.88. The molecule has 1 aliphatic rings.